The van der Waals surface area contributed by atoms with Crippen LogP contribution >= 0.6 is 0 Å². The summed E-state index contributed by atoms with van der Waals surface area (Å²) in [6.07, 6.45) is -5.52. The minimum absolute atomic E-state index is 0.0612. The minimum Gasteiger partial charge on any atom is -0.381 e. The van der Waals surface area contributed by atoms with Crippen LogP contribution in [0, 0.1) is 5.92 Å². The summed E-state index contributed by atoms with van der Waals surface area (Å²) in [7, 11) is 0. The van der Waals surface area contributed by atoms with Gasteiger partial charge in [0.15, 0.2) is 6.10 Å². The zero-order valence-corrected chi connectivity index (χ0v) is 8.59. The van der Waals surface area contributed by atoms with Crippen molar-refractivity contribution < 1.29 is 22.6 Å². The first-order valence-corrected chi connectivity index (χ1v) is 4.93. The van der Waals surface area contributed by atoms with Crippen LogP contribution in [-0.2, 0) is 9.47 Å². The van der Waals surface area contributed by atoms with Crippen LogP contribution in [-0.4, -0.2) is 38.1 Å². The Morgan fingerprint density at radius 1 is 1.53 bits per heavy atom. The molecule has 6 heteroatoms. The van der Waals surface area contributed by atoms with Gasteiger partial charge in [0.25, 0.3) is 0 Å². The van der Waals surface area contributed by atoms with E-state index < -0.39 is 18.3 Å². The van der Waals surface area contributed by atoms with E-state index in [-0.39, 0.29) is 12.5 Å². The molecule has 1 saturated heterocycles. The summed E-state index contributed by atoms with van der Waals surface area (Å²) in [6, 6.07) is -1.05. The fourth-order valence-corrected chi connectivity index (χ4v) is 1.50. The molecular weight excluding hydrogens is 211 g/mol. The maximum atomic E-state index is 12.4. The average molecular weight is 227 g/mol. The van der Waals surface area contributed by atoms with Crippen LogP contribution in [0.3, 0.4) is 0 Å². The van der Waals surface area contributed by atoms with Crippen LogP contribution in [0.2, 0.25) is 0 Å². The molecule has 1 aliphatic heterocycles. The summed E-state index contributed by atoms with van der Waals surface area (Å²) in [5.74, 6) is 0.0635. The van der Waals surface area contributed by atoms with E-state index >= 15 is 0 Å². The number of ether oxygens (including phenoxy) is 2. The topological polar surface area (TPSA) is 44.5 Å². The number of hydrogen-bond donors (Lipinski definition) is 1. The lowest BCUT2D eigenvalue weighted by atomic mass is 10.1. The van der Waals surface area contributed by atoms with Gasteiger partial charge in [-0.05, 0) is 13.3 Å². The molecule has 0 aromatic carbocycles. The van der Waals surface area contributed by atoms with E-state index in [9.17, 15) is 13.2 Å². The molecule has 1 aliphatic rings. The molecular formula is C9H16F3NO2. The number of rotatable bonds is 4. The maximum Gasteiger partial charge on any atom is 0.416 e. The van der Waals surface area contributed by atoms with Crippen molar-refractivity contribution in [3.8, 4) is 0 Å². The van der Waals surface area contributed by atoms with Crippen LogP contribution in [0.1, 0.15) is 13.3 Å². The zero-order chi connectivity index (χ0) is 11.5. The molecule has 2 N–H and O–H groups in total. The fourth-order valence-electron chi connectivity index (χ4n) is 1.50. The first kappa shape index (κ1) is 12.7. The van der Waals surface area contributed by atoms with E-state index in [1.807, 2.05) is 0 Å². The first-order valence-electron chi connectivity index (χ1n) is 4.93. The molecule has 15 heavy (non-hydrogen) atoms. The van der Waals surface area contributed by atoms with E-state index in [4.69, 9.17) is 15.2 Å². The molecule has 1 heterocycles. The summed E-state index contributed by atoms with van der Waals surface area (Å²) in [4.78, 5) is 0. The second-order valence-corrected chi connectivity index (χ2v) is 3.88. The van der Waals surface area contributed by atoms with Gasteiger partial charge in [-0.3, -0.25) is 0 Å². The smallest absolute Gasteiger partial charge is 0.381 e. The Bertz CT molecular complexity index is 190. The van der Waals surface area contributed by atoms with Crippen LogP contribution in [0.4, 0.5) is 13.2 Å². The van der Waals surface area contributed by atoms with E-state index in [2.05, 4.69) is 0 Å². The Morgan fingerprint density at radius 2 is 2.20 bits per heavy atom. The molecule has 0 aromatic rings. The first-order chi connectivity index (χ1) is 6.91. The number of nitrogens with two attached hydrogens (primary N) is 1. The highest BCUT2D eigenvalue weighted by Gasteiger charge is 2.43. The highest BCUT2D eigenvalue weighted by Crippen LogP contribution is 2.26. The highest BCUT2D eigenvalue weighted by molar-refractivity contribution is 4.77. The van der Waals surface area contributed by atoms with Gasteiger partial charge in [-0.1, -0.05) is 0 Å². The number of halogens is 3. The van der Waals surface area contributed by atoms with Crippen molar-refractivity contribution in [2.24, 2.45) is 11.7 Å². The number of hydrogen-bond acceptors (Lipinski definition) is 3. The maximum absolute atomic E-state index is 12.4. The molecule has 0 bridgehead atoms. The molecule has 0 spiro atoms. The third-order valence-corrected chi connectivity index (χ3v) is 2.34. The van der Waals surface area contributed by atoms with E-state index in [1.54, 1.807) is 0 Å². The molecule has 3 atom stereocenters. The van der Waals surface area contributed by atoms with E-state index in [1.165, 1.54) is 6.92 Å². The van der Waals surface area contributed by atoms with Crippen molar-refractivity contribution >= 4 is 0 Å². The van der Waals surface area contributed by atoms with Gasteiger partial charge in [0, 0.05) is 18.6 Å². The predicted molar refractivity (Wildman–Crippen MR) is 48.4 cm³/mol. The molecule has 1 fully saturated rings. The van der Waals surface area contributed by atoms with Gasteiger partial charge in [-0.15, -0.1) is 0 Å². The highest BCUT2D eigenvalue weighted by atomic mass is 19.4. The largest absolute Gasteiger partial charge is 0.416 e. The van der Waals surface area contributed by atoms with Gasteiger partial charge in [-0.25, -0.2) is 0 Å². The van der Waals surface area contributed by atoms with Gasteiger partial charge >= 0.3 is 6.18 Å². The van der Waals surface area contributed by atoms with Crippen molar-refractivity contribution in [3.63, 3.8) is 0 Å². The van der Waals surface area contributed by atoms with Gasteiger partial charge in [-0.2, -0.15) is 13.2 Å². The molecule has 0 aliphatic carbocycles. The summed E-state index contributed by atoms with van der Waals surface area (Å²) >= 11 is 0. The zero-order valence-electron chi connectivity index (χ0n) is 8.59. The molecule has 3 nitrogen and oxygen atoms in total. The molecule has 0 radical (unpaired) electrons. The van der Waals surface area contributed by atoms with Crippen LogP contribution in [0.25, 0.3) is 0 Å². The molecule has 0 amide bonds. The lowest BCUT2D eigenvalue weighted by Gasteiger charge is -2.25. The summed E-state index contributed by atoms with van der Waals surface area (Å²) in [5.41, 5.74) is 5.23. The third kappa shape index (κ3) is 3.96. The lowest BCUT2D eigenvalue weighted by molar-refractivity contribution is -0.227. The van der Waals surface area contributed by atoms with E-state index in [0.717, 1.165) is 6.42 Å². The van der Waals surface area contributed by atoms with Crippen molar-refractivity contribution in [3.05, 3.63) is 0 Å². The molecule has 0 aromatic heterocycles. The van der Waals surface area contributed by atoms with Crippen LogP contribution < -0.4 is 5.73 Å². The normalized spacial score (nSPS) is 26.6. The van der Waals surface area contributed by atoms with Crippen LogP contribution in [0.5, 0.6) is 0 Å². The van der Waals surface area contributed by atoms with Gasteiger partial charge in [0.2, 0.25) is 0 Å². The van der Waals surface area contributed by atoms with Gasteiger partial charge < -0.3 is 15.2 Å². The number of alkyl halides is 3. The monoisotopic (exact) mass is 227 g/mol. The Labute approximate surface area is 86.7 Å². The summed E-state index contributed by atoms with van der Waals surface area (Å²) in [5, 5.41) is 0. The van der Waals surface area contributed by atoms with Gasteiger partial charge in [0.1, 0.15) is 0 Å². The standard InChI is InChI=1S/C9H16F3NO2/c1-6(13)8(9(10,11)12)15-5-7-2-3-14-4-7/h6-8H,2-5,13H2,1H3. The van der Waals surface area contributed by atoms with Crippen molar-refractivity contribution in [1.82, 2.24) is 0 Å². The van der Waals surface area contributed by atoms with E-state index in [0.29, 0.717) is 13.2 Å². The Balaban J connectivity index is 2.37. The SMILES string of the molecule is CC(N)C(OCC1CCOC1)C(F)(F)F. The van der Waals surface area contributed by atoms with Crippen molar-refractivity contribution in [1.29, 1.82) is 0 Å². The van der Waals surface area contributed by atoms with Crippen molar-refractivity contribution in [2.75, 3.05) is 19.8 Å². The predicted octanol–water partition coefficient (Wildman–Crippen LogP) is 1.32. The molecule has 3 unspecified atom stereocenters. The van der Waals surface area contributed by atoms with Crippen molar-refractivity contribution in [2.45, 2.75) is 31.7 Å². The summed E-state index contributed by atoms with van der Waals surface area (Å²) < 4.78 is 47.1. The quantitative estimate of drug-likeness (QED) is 0.787. The summed E-state index contributed by atoms with van der Waals surface area (Å²) in [6.45, 7) is 2.43. The Hall–Kier alpha value is -0.330. The Morgan fingerprint density at radius 3 is 2.60 bits per heavy atom. The minimum atomic E-state index is -4.40. The van der Waals surface area contributed by atoms with Crippen LogP contribution in [0.15, 0.2) is 0 Å². The Kier molecular flexibility index (Phi) is 4.36. The van der Waals surface area contributed by atoms with Gasteiger partial charge in [0.05, 0.1) is 13.2 Å². The third-order valence-electron chi connectivity index (χ3n) is 2.34. The second kappa shape index (κ2) is 5.14. The molecule has 90 valence electrons. The lowest BCUT2D eigenvalue weighted by Crippen LogP contribution is -2.45. The molecule has 1 rings (SSSR count). The fraction of sp³-hybridized carbons (Fsp3) is 1.00. The second-order valence-electron chi connectivity index (χ2n) is 3.88. The average Bonchev–Trinajstić information content (AvgIpc) is 2.53. The molecule has 0 saturated carbocycles.